The summed E-state index contributed by atoms with van der Waals surface area (Å²) in [5, 5.41) is 3.70. The topological polar surface area (TPSA) is 49.4 Å². The molecule has 0 radical (unpaired) electrons. The summed E-state index contributed by atoms with van der Waals surface area (Å²) in [6.45, 7) is 8.22. The van der Waals surface area contributed by atoms with E-state index in [1.54, 1.807) is 11.8 Å². The van der Waals surface area contributed by atoms with Crippen LogP contribution in [-0.4, -0.2) is 34.6 Å². The van der Waals surface area contributed by atoms with Crippen LogP contribution in [0.25, 0.3) is 0 Å². The standard InChI is InChI=1S/C24H31ClN2O2S/c1-5-18(3)26-24(29)19(4)27(14-20-12-10-17(2)11-13-20)23(28)16-30-15-21-8-6-7-9-22(21)25/h6-13,18-19H,5,14-16H2,1-4H3,(H,26,29). The van der Waals surface area contributed by atoms with Crippen LogP contribution >= 0.6 is 23.4 Å². The Labute approximate surface area is 189 Å². The van der Waals surface area contributed by atoms with Gasteiger partial charge in [-0.15, -0.1) is 11.8 Å². The highest BCUT2D eigenvalue weighted by Crippen LogP contribution is 2.21. The molecule has 0 aliphatic carbocycles. The lowest BCUT2D eigenvalue weighted by Gasteiger charge is -2.29. The number of carbonyl (C=O) groups is 2. The maximum absolute atomic E-state index is 13.1. The molecule has 0 aromatic heterocycles. The Bertz CT molecular complexity index is 841. The zero-order valence-corrected chi connectivity index (χ0v) is 19.7. The largest absolute Gasteiger partial charge is 0.352 e. The van der Waals surface area contributed by atoms with Gasteiger partial charge in [0.15, 0.2) is 0 Å². The van der Waals surface area contributed by atoms with E-state index in [1.807, 2.05) is 69.3 Å². The van der Waals surface area contributed by atoms with E-state index < -0.39 is 6.04 Å². The molecule has 2 rings (SSSR count). The predicted molar refractivity (Wildman–Crippen MR) is 127 cm³/mol. The smallest absolute Gasteiger partial charge is 0.242 e. The lowest BCUT2D eigenvalue weighted by molar-refractivity contribution is -0.138. The van der Waals surface area contributed by atoms with Crippen molar-refractivity contribution in [2.75, 3.05) is 5.75 Å². The SMILES string of the molecule is CCC(C)NC(=O)C(C)N(Cc1ccc(C)cc1)C(=O)CSCc1ccccc1Cl. The minimum absolute atomic E-state index is 0.0561. The summed E-state index contributed by atoms with van der Waals surface area (Å²) < 4.78 is 0. The average Bonchev–Trinajstić information content (AvgIpc) is 2.73. The van der Waals surface area contributed by atoms with E-state index in [4.69, 9.17) is 11.6 Å². The van der Waals surface area contributed by atoms with Crippen LogP contribution in [0.2, 0.25) is 5.02 Å². The second-order valence-corrected chi connectivity index (χ2v) is 8.98. The van der Waals surface area contributed by atoms with Crippen molar-refractivity contribution < 1.29 is 9.59 Å². The van der Waals surface area contributed by atoms with Crippen LogP contribution in [0.1, 0.15) is 43.9 Å². The van der Waals surface area contributed by atoms with E-state index in [0.29, 0.717) is 17.3 Å². The second-order valence-electron chi connectivity index (χ2n) is 7.59. The first-order chi connectivity index (χ1) is 14.3. The summed E-state index contributed by atoms with van der Waals surface area (Å²) in [5.41, 5.74) is 3.17. The molecule has 0 aliphatic rings. The molecule has 1 N–H and O–H groups in total. The molecule has 2 amide bonds. The minimum Gasteiger partial charge on any atom is -0.352 e. The number of rotatable bonds is 10. The van der Waals surface area contributed by atoms with E-state index in [-0.39, 0.29) is 23.6 Å². The summed E-state index contributed by atoms with van der Waals surface area (Å²) in [6, 6.07) is 15.2. The molecule has 2 unspecified atom stereocenters. The van der Waals surface area contributed by atoms with Gasteiger partial charge in [0.25, 0.3) is 0 Å². The number of hydrogen-bond acceptors (Lipinski definition) is 3. The van der Waals surface area contributed by atoms with Crippen molar-refractivity contribution >= 4 is 35.2 Å². The van der Waals surface area contributed by atoms with Gasteiger partial charge in [0.2, 0.25) is 11.8 Å². The first-order valence-electron chi connectivity index (χ1n) is 10.3. The molecule has 30 heavy (non-hydrogen) atoms. The third-order valence-electron chi connectivity index (χ3n) is 5.08. The van der Waals surface area contributed by atoms with Gasteiger partial charge in [-0.3, -0.25) is 9.59 Å². The van der Waals surface area contributed by atoms with Crippen LogP contribution in [0, 0.1) is 6.92 Å². The third-order valence-corrected chi connectivity index (χ3v) is 6.42. The Morgan fingerprint density at radius 3 is 2.40 bits per heavy atom. The molecular formula is C24H31ClN2O2S. The Morgan fingerprint density at radius 2 is 1.77 bits per heavy atom. The zero-order valence-electron chi connectivity index (χ0n) is 18.2. The number of benzene rings is 2. The number of thioether (sulfide) groups is 1. The van der Waals surface area contributed by atoms with Gasteiger partial charge in [0.05, 0.1) is 5.75 Å². The molecule has 162 valence electrons. The second kappa shape index (κ2) is 12.0. The van der Waals surface area contributed by atoms with E-state index in [2.05, 4.69) is 5.32 Å². The monoisotopic (exact) mass is 446 g/mol. The van der Waals surface area contributed by atoms with Crippen LogP contribution in [0.5, 0.6) is 0 Å². The van der Waals surface area contributed by atoms with Gasteiger partial charge in [0, 0.05) is 23.4 Å². The highest BCUT2D eigenvalue weighted by atomic mass is 35.5. The molecule has 0 fully saturated rings. The van der Waals surface area contributed by atoms with Gasteiger partial charge in [0.1, 0.15) is 6.04 Å². The summed E-state index contributed by atoms with van der Waals surface area (Å²) in [4.78, 5) is 27.5. The highest BCUT2D eigenvalue weighted by molar-refractivity contribution is 7.99. The lowest BCUT2D eigenvalue weighted by atomic mass is 10.1. The molecule has 2 atom stereocenters. The van der Waals surface area contributed by atoms with Crippen molar-refractivity contribution in [1.82, 2.24) is 10.2 Å². The number of amides is 2. The molecule has 4 nitrogen and oxygen atoms in total. The summed E-state index contributed by atoms with van der Waals surface area (Å²) in [6.07, 6.45) is 0.845. The lowest BCUT2D eigenvalue weighted by Crippen LogP contribution is -2.50. The Morgan fingerprint density at radius 1 is 1.10 bits per heavy atom. The fourth-order valence-electron chi connectivity index (χ4n) is 2.88. The molecule has 0 saturated heterocycles. The molecular weight excluding hydrogens is 416 g/mol. The fraction of sp³-hybridized carbons (Fsp3) is 0.417. The molecule has 2 aromatic rings. The summed E-state index contributed by atoms with van der Waals surface area (Å²) in [5.74, 6) is 0.760. The molecule has 0 aliphatic heterocycles. The zero-order chi connectivity index (χ0) is 22.1. The van der Waals surface area contributed by atoms with Gasteiger partial charge >= 0.3 is 0 Å². The van der Waals surface area contributed by atoms with Crippen molar-refractivity contribution in [3.8, 4) is 0 Å². The van der Waals surface area contributed by atoms with Crippen molar-refractivity contribution in [2.24, 2.45) is 0 Å². The number of carbonyl (C=O) groups excluding carboxylic acids is 2. The van der Waals surface area contributed by atoms with Gasteiger partial charge in [-0.1, -0.05) is 66.6 Å². The molecule has 0 bridgehead atoms. The maximum atomic E-state index is 13.1. The number of nitrogens with zero attached hydrogens (tertiary/aromatic N) is 1. The Kier molecular flexibility index (Phi) is 9.73. The normalized spacial score (nSPS) is 12.8. The van der Waals surface area contributed by atoms with Crippen molar-refractivity contribution in [2.45, 2.75) is 58.5 Å². The number of halogens is 1. The molecule has 6 heteroatoms. The van der Waals surface area contributed by atoms with E-state index in [1.165, 1.54) is 11.8 Å². The quantitative estimate of drug-likeness (QED) is 0.544. The van der Waals surface area contributed by atoms with Crippen LogP contribution in [0.3, 0.4) is 0 Å². The van der Waals surface area contributed by atoms with Crippen molar-refractivity contribution in [1.29, 1.82) is 0 Å². The van der Waals surface area contributed by atoms with Crippen LogP contribution < -0.4 is 5.32 Å². The van der Waals surface area contributed by atoms with Crippen molar-refractivity contribution in [3.05, 3.63) is 70.2 Å². The maximum Gasteiger partial charge on any atom is 0.242 e. The van der Waals surface area contributed by atoms with Gasteiger partial charge in [-0.2, -0.15) is 0 Å². The predicted octanol–water partition coefficient (Wildman–Crippen LogP) is 5.21. The van der Waals surface area contributed by atoms with Crippen LogP contribution in [0.15, 0.2) is 48.5 Å². The van der Waals surface area contributed by atoms with Crippen LogP contribution in [-0.2, 0) is 21.9 Å². The Balaban J connectivity index is 2.08. The first kappa shape index (κ1) is 24.3. The third kappa shape index (κ3) is 7.37. The minimum atomic E-state index is -0.547. The molecule has 0 spiro atoms. The number of hydrogen-bond donors (Lipinski definition) is 1. The summed E-state index contributed by atoms with van der Waals surface area (Å²) >= 11 is 7.72. The van der Waals surface area contributed by atoms with Crippen molar-refractivity contribution in [3.63, 3.8) is 0 Å². The first-order valence-corrected chi connectivity index (χ1v) is 11.8. The number of nitrogens with one attached hydrogen (secondary N) is 1. The van der Waals surface area contributed by atoms with E-state index in [0.717, 1.165) is 23.1 Å². The van der Waals surface area contributed by atoms with E-state index in [9.17, 15) is 9.59 Å². The number of aryl methyl sites for hydroxylation is 1. The van der Waals surface area contributed by atoms with Gasteiger partial charge in [-0.05, 0) is 44.4 Å². The molecule has 0 heterocycles. The Hall–Kier alpha value is -1.98. The van der Waals surface area contributed by atoms with Gasteiger partial charge in [-0.25, -0.2) is 0 Å². The highest BCUT2D eigenvalue weighted by Gasteiger charge is 2.26. The van der Waals surface area contributed by atoms with Crippen LogP contribution in [0.4, 0.5) is 0 Å². The van der Waals surface area contributed by atoms with Gasteiger partial charge < -0.3 is 10.2 Å². The molecule has 0 saturated carbocycles. The molecule has 2 aromatic carbocycles. The fourth-order valence-corrected chi connectivity index (χ4v) is 4.08. The summed E-state index contributed by atoms with van der Waals surface area (Å²) in [7, 11) is 0. The van der Waals surface area contributed by atoms with E-state index >= 15 is 0 Å². The average molecular weight is 447 g/mol.